The fraction of sp³-hybridized carbons (Fsp3) is 0.222. The molecule has 1 heterocycles. The van der Waals surface area contributed by atoms with Crippen molar-refractivity contribution in [2.45, 2.75) is 19.8 Å². The number of carbonyl (C=O) groups is 1. The molecule has 0 radical (unpaired) electrons. The van der Waals surface area contributed by atoms with E-state index >= 15 is 0 Å². The lowest BCUT2D eigenvalue weighted by molar-refractivity contribution is -0.115. The summed E-state index contributed by atoms with van der Waals surface area (Å²) >= 11 is 0. The highest BCUT2D eigenvalue weighted by Crippen LogP contribution is 2.23. The van der Waals surface area contributed by atoms with E-state index in [1.807, 2.05) is 42.5 Å². The van der Waals surface area contributed by atoms with Crippen molar-refractivity contribution >= 4 is 22.6 Å². The van der Waals surface area contributed by atoms with Gasteiger partial charge in [0.25, 0.3) is 0 Å². The molecule has 3 rings (SSSR count). The summed E-state index contributed by atoms with van der Waals surface area (Å²) in [5.74, 6) is 1.53. The van der Waals surface area contributed by atoms with Gasteiger partial charge >= 0.3 is 0 Å². The third-order valence-corrected chi connectivity index (χ3v) is 3.68. The topological polar surface area (TPSA) is 67.0 Å². The van der Waals surface area contributed by atoms with Gasteiger partial charge in [0.05, 0.1) is 30.3 Å². The molecule has 0 spiro atoms. The molecule has 5 nitrogen and oxygen atoms in total. The van der Waals surface area contributed by atoms with Crippen LogP contribution in [0.3, 0.4) is 0 Å². The minimum absolute atomic E-state index is 0.0796. The van der Waals surface area contributed by atoms with Crippen molar-refractivity contribution in [3.05, 3.63) is 53.9 Å². The molecular weight excluding hydrogens is 290 g/mol. The van der Waals surface area contributed by atoms with Crippen LogP contribution in [-0.4, -0.2) is 23.0 Å². The minimum Gasteiger partial charge on any atom is -0.495 e. The van der Waals surface area contributed by atoms with Crippen molar-refractivity contribution in [2.24, 2.45) is 0 Å². The molecule has 1 aromatic heterocycles. The van der Waals surface area contributed by atoms with Crippen LogP contribution in [0.25, 0.3) is 11.0 Å². The van der Waals surface area contributed by atoms with E-state index in [0.29, 0.717) is 17.9 Å². The number of aromatic nitrogens is 2. The zero-order chi connectivity index (χ0) is 16.2. The van der Waals surface area contributed by atoms with Crippen LogP contribution in [0.4, 0.5) is 5.69 Å². The predicted octanol–water partition coefficient (Wildman–Crippen LogP) is 3.32. The molecule has 2 N–H and O–H groups in total. The summed E-state index contributed by atoms with van der Waals surface area (Å²) in [6.45, 7) is 2.05. The zero-order valence-corrected chi connectivity index (χ0v) is 13.2. The Kier molecular flexibility index (Phi) is 4.28. The number of aromatic amines is 1. The van der Waals surface area contributed by atoms with Gasteiger partial charge in [-0.3, -0.25) is 4.79 Å². The van der Waals surface area contributed by atoms with Crippen LogP contribution in [0, 0.1) is 0 Å². The van der Waals surface area contributed by atoms with Gasteiger partial charge in [0.15, 0.2) is 0 Å². The van der Waals surface area contributed by atoms with E-state index in [1.165, 1.54) is 0 Å². The van der Waals surface area contributed by atoms with Gasteiger partial charge in [-0.1, -0.05) is 25.1 Å². The van der Waals surface area contributed by atoms with E-state index in [-0.39, 0.29) is 5.91 Å². The number of amides is 1. The Bertz CT molecular complexity index is 839. The molecule has 0 unspecified atom stereocenters. The summed E-state index contributed by atoms with van der Waals surface area (Å²) < 4.78 is 5.24. The quantitative estimate of drug-likeness (QED) is 0.760. The number of carbonyl (C=O) groups excluding carboxylic acids is 1. The Labute approximate surface area is 134 Å². The zero-order valence-electron chi connectivity index (χ0n) is 13.2. The molecule has 0 aliphatic heterocycles. The monoisotopic (exact) mass is 309 g/mol. The van der Waals surface area contributed by atoms with Crippen LogP contribution in [0.1, 0.15) is 18.3 Å². The standard InChI is InChI=1S/C18H19N3O2/c1-3-17-19-13-9-8-12(10-15(13)20-17)11-18(22)21-14-6-4-5-7-16(14)23-2/h4-10H,3,11H2,1-2H3,(H,19,20)(H,21,22). The first-order valence-electron chi connectivity index (χ1n) is 7.60. The van der Waals surface area contributed by atoms with Gasteiger partial charge < -0.3 is 15.0 Å². The largest absolute Gasteiger partial charge is 0.495 e. The summed E-state index contributed by atoms with van der Waals surface area (Å²) in [4.78, 5) is 20.0. The number of aryl methyl sites for hydroxylation is 1. The Balaban J connectivity index is 1.74. The van der Waals surface area contributed by atoms with E-state index in [0.717, 1.165) is 28.8 Å². The average molecular weight is 309 g/mol. The molecule has 0 bridgehead atoms. The lowest BCUT2D eigenvalue weighted by Crippen LogP contribution is -2.14. The number of fused-ring (bicyclic) bond motifs is 1. The van der Waals surface area contributed by atoms with Crippen LogP contribution in [-0.2, 0) is 17.6 Å². The molecule has 0 saturated carbocycles. The Morgan fingerprint density at radius 3 is 2.87 bits per heavy atom. The molecule has 0 fully saturated rings. The molecule has 3 aromatic rings. The number of rotatable bonds is 5. The first-order chi connectivity index (χ1) is 11.2. The van der Waals surface area contributed by atoms with Crippen molar-refractivity contribution in [1.29, 1.82) is 0 Å². The number of nitrogens with zero attached hydrogens (tertiary/aromatic N) is 1. The fourth-order valence-corrected chi connectivity index (χ4v) is 2.51. The van der Waals surface area contributed by atoms with Crippen molar-refractivity contribution in [2.75, 3.05) is 12.4 Å². The molecule has 1 amide bonds. The van der Waals surface area contributed by atoms with E-state index in [2.05, 4.69) is 22.2 Å². The van der Waals surface area contributed by atoms with E-state index in [9.17, 15) is 4.79 Å². The second-order valence-electron chi connectivity index (χ2n) is 5.31. The number of ether oxygens (including phenoxy) is 1. The van der Waals surface area contributed by atoms with Crippen LogP contribution >= 0.6 is 0 Å². The molecule has 0 atom stereocenters. The van der Waals surface area contributed by atoms with E-state index in [4.69, 9.17) is 4.74 Å². The number of H-pyrrole nitrogens is 1. The van der Waals surface area contributed by atoms with Crippen molar-refractivity contribution in [3.63, 3.8) is 0 Å². The van der Waals surface area contributed by atoms with Crippen LogP contribution in [0.5, 0.6) is 5.75 Å². The molecule has 2 aromatic carbocycles. The first-order valence-corrected chi connectivity index (χ1v) is 7.60. The molecular formula is C18H19N3O2. The predicted molar refractivity (Wildman–Crippen MR) is 90.8 cm³/mol. The number of hydrogen-bond acceptors (Lipinski definition) is 3. The smallest absolute Gasteiger partial charge is 0.228 e. The van der Waals surface area contributed by atoms with Gasteiger partial charge in [0.1, 0.15) is 11.6 Å². The molecule has 0 saturated heterocycles. The van der Waals surface area contributed by atoms with Crippen LogP contribution < -0.4 is 10.1 Å². The number of benzene rings is 2. The van der Waals surface area contributed by atoms with Crippen molar-refractivity contribution < 1.29 is 9.53 Å². The lowest BCUT2D eigenvalue weighted by Gasteiger charge is -2.09. The van der Waals surface area contributed by atoms with Gasteiger partial charge in [-0.15, -0.1) is 0 Å². The average Bonchev–Trinajstić information content (AvgIpc) is 2.97. The SMILES string of the molecule is CCc1nc2ccc(CC(=O)Nc3ccccc3OC)cc2[nH]1. The Morgan fingerprint density at radius 2 is 2.09 bits per heavy atom. The number of methoxy groups -OCH3 is 1. The molecule has 118 valence electrons. The Hall–Kier alpha value is -2.82. The summed E-state index contributed by atoms with van der Waals surface area (Å²) in [6, 6.07) is 13.2. The third kappa shape index (κ3) is 3.34. The lowest BCUT2D eigenvalue weighted by atomic mass is 10.1. The number of hydrogen-bond donors (Lipinski definition) is 2. The van der Waals surface area contributed by atoms with Crippen molar-refractivity contribution in [3.8, 4) is 5.75 Å². The summed E-state index contributed by atoms with van der Waals surface area (Å²) in [5, 5.41) is 2.88. The van der Waals surface area contributed by atoms with E-state index < -0.39 is 0 Å². The van der Waals surface area contributed by atoms with Gasteiger partial charge in [-0.05, 0) is 29.8 Å². The number of nitrogens with one attached hydrogen (secondary N) is 2. The summed E-state index contributed by atoms with van der Waals surface area (Å²) in [5.41, 5.74) is 3.51. The molecule has 23 heavy (non-hydrogen) atoms. The molecule has 0 aliphatic rings. The van der Waals surface area contributed by atoms with Gasteiger partial charge in [0, 0.05) is 6.42 Å². The second-order valence-corrected chi connectivity index (χ2v) is 5.31. The Morgan fingerprint density at radius 1 is 1.26 bits per heavy atom. The normalized spacial score (nSPS) is 10.7. The van der Waals surface area contributed by atoms with Crippen LogP contribution in [0.2, 0.25) is 0 Å². The molecule has 5 heteroatoms. The highest BCUT2D eigenvalue weighted by molar-refractivity contribution is 5.94. The maximum atomic E-state index is 12.3. The van der Waals surface area contributed by atoms with Gasteiger partial charge in [0.2, 0.25) is 5.91 Å². The summed E-state index contributed by atoms with van der Waals surface area (Å²) in [7, 11) is 1.59. The highest BCUT2D eigenvalue weighted by atomic mass is 16.5. The minimum atomic E-state index is -0.0796. The second kappa shape index (κ2) is 6.52. The maximum absolute atomic E-state index is 12.3. The van der Waals surface area contributed by atoms with Gasteiger partial charge in [-0.2, -0.15) is 0 Å². The highest BCUT2D eigenvalue weighted by Gasteiger charge is 2.09. The number of para-hydroxylation sites is 2. The number of anilines is 1. The third-order valence-electron chi connectivity index (χ3n) is 3.68. The van der Waals surface area contributed by atoms with Gasteiger partial charge in [-0.25, -0.2) is 4.98 Å². The fourth-order valence-electron chi connectivity index (χ4n) is 2.51. The summed E-state index contributed by atoms with van der Waals surface area (Å²) in [6.07, 6.45) is 1.16. The first kappa shape index (κ1) is 15.1. The van der Waals surface area contributed by atoms with Crippen molar-refractivity contribution in [1.82, 2.24) is 9.97 Å². The maximum Gasteiger partial charge on any atom is 0.228 e. The van der Waals surface area contributed by atoms with Crippen LogP contribution in [0.15, 0.2) is 42.5 Å². The molecule has 0 aliphatic carbocycles. The number of imidazole rings is 1. The van der Waals surface area contributed by atoms with E-state index in [1.54, 1.807) is 7.11 Å².